The van der Waals surface area contributed by atoms with Gasteiger partial charge < -0.3 is 0 Å². The van der Waals surface area contributed by atoms with Gasteiger partial charge in [0.25, 0.3) is 0 Å². The number of pyridine rings is 1. The molecule has 0 radical (unpaired) electrons. The van der Waals surface area contributed by atoms with Crippen LogP contribution >= 0.6 is 23.2 Å². The van der Waals surface area contributed by atoms with E-state index in [2.05, 4.69) is 15.1 Å². The predicted molar refractivity (Wildman–Crippen MR) is 96.4 cm³/mol. The summed E-state index contributed by atoms with van der Waals surface area (Å²) in [7, 11) is 0. The van der Waals surface area contributed by atoms with E-state index in [4.69, 9.17) is 23.2 Å². The van der Waals surface area contributed by atoms with Crippen LogP contribution in [-0.4, -0.2) is 19.6 Å². The third kappa shape index (κ3) is 2.44. The molecule has 6 heteroatoms. The summed E-state index contributed by atoms with van der Waals surface area (Å²) in [4.78, 5) is 8.78. The molecule has 4 rings (SSSR count). The second-order valence-electron chi connectivity index (χ2n) is 5.44. The van der Waals surface area contributed by atoms with E-state index in [9.17, 15) is 0 Å². The van der Waals surface area contributed by atoms with E-state index in [-0.39, 0.29) is 0 Å². The van der Waals surface area contributed by atoms with Gasteiger partial charge in [0.2, 0.25) is 0 Å². The second kappa shape index (κ2) is 5.89. The van der Waals surface area contributed by atoms with E-state index in [1.165, 1.54) is 0 Å². The number of benzene rings is 1. The Morgan fingerprint density at radius 3 is 2.62 bits per heavy atom. The van der Waals surface area contributed by atoms with Gasteiger partial charge in [0, 0.05) is 40.3 Å². The van der Waals surface area contributed by atoms with Crippen molar-refractivity contribution in [1.29, 1.82) is 0 Å². The largest absolute Gasteiger partial charge is 0.264 e. The fourth-order valence-corrected chi connectivity index (χ4v) is 3.12. The normalized spacial score (nSPS) is 11.1. The molecule has 4 aromatic rings. The fourth-order valence-electron chi connectivity index (χ4n) is 2.73. The van der Waals surface area contributed by atoms with Crippen molar-refractivity contribution >= 4 is 28.8 Å². The van der Waals surface area contributed by atoms with Crippen LogP contribution in [-0.2, 0) is 0 Å². The third-order valence-electron chi connectivity index (χ3n) is 3.94. The molecule has 3 heterocycles. The third-order valence-corrected chi connectivity index (χ3v) is 4.50. The number of aromatic nitrogens is 4. The number of hydrogen-bond acceptors (Lipinski definition) is 3. The Hall–Kier alpha value is -2.43. The molecule has 0 saturated carbocycles. The summed E-state index contributed by atoms with van der Waals surface area (Å²) < 4.78 is 1.78. The topological polar surface area (TPSA) is 43.1 Å². The lowest BCUT2D eigenvalue weighted by Crippen LogP contribution is -1.97. The Kier molecular flexibility index (Phi) is 3.71. The minimum Gasteiger partial charge on any atom is -0.264 e. The number of imidazole rings is 1. The molecular weight excluding hydrogens is 343 g/mol. The van der Waals surface area contributed by atoms with Gasteiger partial charge in [-0.05, 0) is 42.8 Å². The van der Waals surface area contributed by atoms with E-state index in [1.807, 2.05) is 31.3 Å². The molecule has 24 heavy (non-hydrogen) atoms. The van der Waals surface area contributed by atoms with Crippen LogP contribution in [0, 0.1) is 6.92 Å². The van der Waals surface area contributed by atoms with Gasteiger partial charge in [-0.2, -0.15) is 5.10 Å². The SMILES string of the molecule is Cc1ccncc1-c1ccnn2c(-c3cc(Cl)ccc3Cl)cnc12. The summed E-state index contributed by atoms with van der Waals surface area (Å²) >= 11 is 12.4. The molecule has 0 N–H and O–H groups in total. The molecule has 0 amide bonds. The first-order valence-corrected chi connectivity index (χ1v) is 8.10. The average molecular weight is 355 g/mol. The Morgan fingerprint density at radius 1 is 0.917 bits per heavy atom. The molecule has 118 valence electrons. The van der Waals surface area contributed by atoms with Gasteiger partial charge in [0.05, 0.1) is 16.9 Å². The lowest BCUT2D eigenvalue weighted by molar-refractivity contribution is 0.944. The van der Waals surface area contributed by atoms with Crippen LogP contribution in [0.3, 0.4) is 0 Å². The highest BCUT2D eigenvalue weighted by atomic mass is 35.5. The number of aryl methyl sites for hydroxylation is 1. The number of nitrogens with zero attached hydrogens (tertiary/aromatic N) is 4. The van der Waals surface area contributed by atoms with Gasteiger partial charge in [0.15, 0.2) is 5.65 Å². The van der Waals surface area contributed by atoms with Crippen molar-refractivity contribution in [3.05, 3.63) is 70.7 Å². The van der Waals surface area contributed by atoms with E-state index in [1.54, 1.807) is 35.2 Å². The standard InChI is InChI=1S/C18H12Cl2N4/c1-11-4-6-21-9-15(11)13-5-7-23-24-17(10-22-18(13)24)14-8-12(19)2-3-16(14)20/h2-10H,1H3. The molecule has 4 nitrogen and oxygen atoms in total. The van der Waals surface area contributed by atoms with Gasteiger partial charge in [-0.1, -0.05) is 23.2 Å². The Balaban J connectivity index is 1.98. The van der Waals surface area contributed by atoms with Crippen molar-refractivity contribution < 1.29 is 0 Å². The Labute approximate surface area is 148 Å². The van der Waals surface area contributed by atoms with Crippen molar-refractivity contribution in [1.82, 2.24) is 19.6 Å². The summed E-state index contributed by atoms with van der Waals surface area (Å²) in [5.41, 5.74) is 5.47. The van der Waals surface area contributed by atoms with Crippen molar-refractivity contribution in [2.45, 2.75) is 6.92 Å². The summed E-state index contributed by atoms with van der Waals surface area (Å²) in [6.45, 7) is 2.05. The maximum absolute atomic E-state index is 6.33. The van der Waals surface area contributed by atoms with Crippen LogP contribution in [0.5, 0.6) is 0 Å². The Bertz CT molecular complexity index is 1060. The molecule has 0 saturated heterocycles. The smallest absolute Gasteiger partial charge is 0.162 e. The predicted octanol–water partition coefficient (Wildman–Crippen LogP) is 5.07. The van der Waals surface area contributed by atoms with Gasteiger partial charge in [-0.15, -0.1) is 0 Å². The number of hydrogen-bond donors (Lipinski definition) is 0. The first-order valence-electron chi connectivity index (χ1n) is 7.34. The molecule has 0 bridgehead atoms. The zero-order chi connectivity index (χ0) is 16.7. The van der Waals surface area contributed by atoms with E-state index < -0.39 is 0 Å². The van der Waals surface area contributed by atoms with Crippen molar-refractivity contribution in [2.75, 3.05) is 0 Å². The number of rotatable bonds is 2. The van der Waals surface area contributed by atoms with Crippen molar-refractivity contribution in [3.8, 4) is 22.4 Å². The number of fused-ring (bicyclic) bond motifs is 1. The van der Waals surface area contributed by atoms with E-state index in [0.717, 1.165) is 33.6 Å². The highest BCUT2D eigenvalue weighted by molar-refractivity contribution is 6.35. The maximum Gasteiger partial charge on any atom is 0.162 e. The van der Waals surface area contributed by atoms with Crippen LogP contribution in [0.4, 0.5) is 0 Å². The highest BCUT2D eigenvalue weighted by Crippen LogP contribution is 2.33. The van der Waals surface area contributed by atoms with Gasteiger partial charge >= 0.3 is 0 Å². The number of halogens is 2. The molecule has 0 unspecified atom stereocenters. The molecule has 0 aliphatic carbocycles. The monoisotopic (exact) mass is 354 g/mol. The molecule has 3 aromatic heterocycles. The van der Waals surface area contributed by atoms with Crippen LogP contribution in [0.15, 0.2) is 55.1 Å². The molecular formula is C18H12Cl2N4. The maximum atomic E-state index is 6.33. The summed E-state index contributed by atoms with van der Waals surface area (Å²) in [5, 5.41) is 5.65. The van der Waals surface area contributed by atoms with Gasteiger partial charge in [-0.3, -0.25) is 4.98 Å². The summed E-state index contributed by atoms with van der Waals surface area (Å²) in [6.07, 6.45) is 7.12. The van der Waals surface area contributed by atoms with Gasteiger partial charge in [-0.25, -0.2) is 9.50 Å². The minimum atomic E-state index is 0.603. The van der Waals surface area contributed by atoms with E-state index >= 15 is 0 Å². The average Bonchev–Trinajstić information content (AvgIpc) is 3.01. The van der Waals surface area contributed by atoms with Gasteiger partial charge in [0.1, 0.15) is 0 Å². The molecule has 1 aromatic carbocycles. The Morgan fingerprint density at radius 2 is 1.79 bits per heavy atom. The van der Waals surface area contributed by atoms with Crippen LogP contribution in [0.25, 0.3) is 28.0 Å². The van der Waals surface area contributed by atoms with Crippen LogP contribution in [0.1, 0.15) is 5.56 Å². The quantitative estimate of drug-likeness (QED) is 0.504. The first kappa shape index (κ1) is 15.1. The lowest BCUT2D eigenvalue weighted by atomic mass is 10.1. The minimum absolute atomic E-state index is 0.603. The molecule has 0 aliphatic rings. The first-order chi connectivity index (χ1) is 11.6. The van der Waals surface area contributed by atoms with Crippen LogP contribution < -0.4 is 0 Å². The lowest BCUT2D eigenvalue weighted by Gasteiger charge is -2.08. The molecule has 0 spiro atoms. The molecule has 0 fully saturated rings. The summed E-state index contributed by atoms with van der Waals surface area (Å²) in [6, 6.07) is 9.26. The zero-order valence-corrected chi connectivity index (χ0v) is 14.3. The molecule has 0 aliphatic heterocycles. The van der Waals surface area contributed by atoms with Crippen molar-refractivity contribution in [3.63, 3.8) is 0 Å². The van der Waals surface area contributed by atoms with Crippen molar-refractivity contribution in [2.24, 2.45) is 0 Å². The second-order valence-corrected chi connectivity index (χ2v) is 6.28. The highest BCUT2D eigenvalue weighted by Gasteiger charge is 2.15. The fraction of sp³-hybridized carbons (Fsp3) is 0.0556. The van der Waals surface area contributed by atoms with Crippen LogP contribution in [0.2, 0.25) is 10.0 Å². The molecule has 0 atom stereocenters. The zero-order valence-electron chi connectivity index (χ0n) is 12.7. The van der Waals surface area contributed by atoms with E-state index in [0.29, 0.717) is 10.0 Å². The summed E-state index contributed by atoms with van der Waals surface area (Å²) in [5.74, 6) is 0.